The van der Waals surface area contributed by atoms with Crippen LogP contribution < -0.4 is 0 Å². The van der Waals surface area contributed by atoms with Crippen LogP contribution in [0.25, 0.3) is 105 Å². The van der Waals surface area contributed by atoms with E-state index in [2.05, 4.69) is 150 Å². The van der Waals surface area contributed by atoms with Gasteiger partial charge in [-0.15, -0.1) is 0 Å². The molecule has 3 aromatic heterocycles. The lowest BCUT2D eigenvalue weighted by atomic mass is 9.98. The molecule has 0 aliphatic heterocycles. The van der Waals surface area contributed by atoms with Crippen LogP contribution in [0, 0.1) is 0 Å². The van der Waals surface area contributed by atoms with Gasteiger partial charge in [0, 0.05) is 49.3 Å². The number of nitrogens with zero attached hydrogens (tertiary/aromatic N) is 3. The van der Waals surface area contributed by atoms with Crippen molar-refractivity contribution in [3.05, 3.63) is 176 Å². The van der Waals surface area contributed by atoms with Crippen LogP contribution in [0.5, 0.6) is 0 Å². The van der Waals surface area contributed by atoms with Gasteiger partial charge in [-0.25, -0.2) is 9.97 Å². The van der Waals surface area contributed by atoms with Gasteiger partial charge in [-0.2, -0.15) is 0 Å². The Kier molecular flexibility index (Phi) is 6.22. The summed E-state index contributed by atoms with van der Waals surface area (Å²) in [5.74, 6) is 0.679. The molecule has 11 aromatic rings. The Morgan fingerprint density at radius 1 is 0.442 bits per heavy atom. The highest BCUT2D eigenvalue weighted by Gasteiger charge is 2.21. The molecule has 0 aliphatic carbocycles. The SMILES string of the molecule is c1ccc(-c2nc(-c3cccc4oc5c(-c6ccc7c(c6)c6c8ccccc8ccc6n7-c6ccccc6)cccc5c34)nc3ccccc23)cc1. The Morgan fingerprint density at radius 3 is 2.04 bits per heavy atom. The quantitative estimate of drug-likeness (QED) is 0.188. The number of hydrogen-bond donors (Lipinski definition) is 0. The van der Waals surface area contributed by atoms with Gasteiger partial charge in [-0.1, -0.05) is 133 Å². The molecule has 0 aliphatic rings. The van der Waals surface area contributed by atoms with Gasteiger partial charge < -0.3 is 8.98 Å². The third-order valence-corrected chi connectivity index (χ3v) is 10.4. The summed E-state index contributed by atoms with van der Waals surface area (Å²) >= 11 is 0. The molecular formula is C48H29N3O. The predicted octanol–water partition coefficient (Wildman–Crippen LogP) is 12.8. The number of rotatable bonds is 4. The van der Waals surface area contributed by atoms with E-state index in [-0.39, 0.29) is 0 Å². The van der Waals surface area contributed by atoms with Crippen molar-refractivity contribution in [2.24, 2.45) is 0 Å². The summed E-state index contributed by atoms with van der Waals surface area (Å²) in [5, 5.41) is 8.01. The normalized spacial score (nSPS) is 11.8. The summed E-state index contributed by atoms with van der Waals surface area (Å²) in [6, 6.07) is 61.8. The summed E-state index contributed by atoms with van der Waals surface area (Å²) in [5.41, 5.74) is 11.2. The average molecular weight is 664 g/mol. The first-order chi connectivity index (χ1) is 25.8. The zero-order chi connectivity index (χ0) is 34.2. The highest BCUT2D eigenvalue weighted by atomic mass is 16.3. The molecule has 0 unspecified atom stereocenters. The molecule has 0 bridgehead atoms. The maximum atomic E-state index is 6.79. The van der Waals surface area contributed by atoms with Gasteiger partial charge >= 0.3 is 0 Å². The maximum Gasteiger partial charge on any atom is 0.161 e. The van der Waals surface area contributed by atoms with Gasteiger partial charge in [-0.05, 0) is 58.8 Å². The highest BCUT2D eigenvalue weighted by Crippen LogP contribution is 2.43. The molecule has 242 valence electrons. The molecule has 0 amide bonds. The monoisotopic (exact) mass is 663 g/mol. The van der Waals surface area contributed by atoms with E-state index >= 15 is 0 Å². The standard InChI is InChI=1S/C48H29N3O/c1-3-14-31(15-4-1)46-36-19-9-10-23-40(36)49-48(50-46)38-22-12-24-43-45(38)37-21-11-20-35(47(37)52-43)32-26-27-41-39(29-32)44-34-18-8-7-13-30(34)25-28-42(44)51(41)33-16-5-2-6-17-33/h1-29H. The maximum absolute atomic E-state index is 6.79. The number of aromatic nitrogens is 3. The smallest absolute Gasteiger partial charge is 0.161 e. The van der Waals surface area contributed by atoms with Gasteiger partial charge in [0.25, 0.3) is 0 Å². The zero-order valence-electron chi connectivity index (χ0n) is 28.0. The van der Waals surface area contributed by atoms with E-state index in [9.17, 15) is 0 Å². The van der Waals surface area contributed by atoms with Gasteiger partial charge in [0.2, 0.25) is 0 Å². The fourth-order valence-electron chi connectivity index (χ4n) is 8.09. The minimum Gasteiger partial charge on any atom is -0.455 e. The third-order valence-electron chi connectivity index (χ3n) is 10.4. The first kappa shape index (κ1) is 28.8. The molecule has 4 heteroatoms. The fraction of sp³-hybridized carbons (Fsp3) is 0. The van der Waals surface area contributed by atoms with Crippen LogP contribution in [0.15, 0.2) is 180 Å². The zero-order valence-corrected chi connectivity index (χ0v) is 28.0. The minimum atomic E-state index is 0.679. The van der Waals surface area contributed by atoms with Gasteiger partial charge in [0.1, 0.15) is 11.2 Å². The van der Waals surface area contributed by atoms with Crippen molar-refractivity contribution >= 4 is 65.4 Å². The van der Waals surface area contributed by atoms with Crippen molar-refractivity contribution < 1.29 is 4.42 Å². The molecule has 0 N–H and O–H groups in total. The molecule has 3 heterocycles. The first-order valence-electron chi connectivity index (χ1n) is 17.6. The lowest BCUT2D eigenvalue weighted by molar-refractivity contribution is 0.670. The summed E-state index contributed by atoms with van der Waals surface area (Å²) < 4.78 is 9.16. The van der Waals surface area contributed by atoms with E-state index < -0.39 is 0 Å². The molecule has 0 saturated carbocycles. The predicted molar refractivity (Wildman–Crippen MR) is 215 cm³/mol. The van der Waals surface area contributed by atoms with Crippen LogP contribution >= 0.6 is 0 Å². The second kappa shape index (κ2) is 11.2. The summed E-state index contributed by atoms with van der Waals surface area (Å²) in [4.78, 5) is 10.3. The van der Waals surface area contributed by atoms with E-state index in [4.69, 9.17) is 14.4 Å². The van der Waals surface area contributed by atoms with Crippen LogP contribution in [0.2, 0.25) is 0 Å². The largest absolute Gasteiger partial charge is 0.455 e. The minimum absolute atomic E-state index is 0.679. The van der Waals surface area contributed by atoms with Crippen molar-refractivity contribution in [1.29, 1.82) is 0 Å². The Bertz CT molecular complexity index is 3180. The van der Waals surface area contributed by atoms with Crippen LogP contribution in [0.1, 0.15) is 0 Å². The van der Waals surface area contributed by atoms with Crippen LogP contribution in [-0.4, -0.2) is 14.5 Å². The van der Waals surface area contributed by atoms with Crippen LogP contribution in [0.4, 0.5) is 0 Å². The van der Waals surface area contributed by atoms with E-state index in [0.717, 1.165) is 66.5 Å². The highest BCUT2D eigenvalue weighted by molar-refractivity contribution is 6.22. The summed E-state index contributed by atoms with van der Waals surface area (Å²) in [6.07, 6.45) is 0. The molecule has 0 radical (unpaired) electrons. The lowest BCUT2D eigenvalue weighted by Crippen LogP contribution is -1.95. The molecule has 0 saturated heterocycles. The van der Waals surface area contributed by atoms with E-state index in [1.807, 2.05) is 30.3 Å². The molecule has 11 rings (SSSR count). The van der Waals surface area contributed by atoms with Gasteiger partial charge in [0.05, 0.1) is 22.2 Å². The molecule has 52 heavy (non-hydrogen) atoms. The van der Waals surface area contributed by atoms with E-state index in [1.54, 1.807) is 0 Å². The Morgan fingerprint density at radius 2 is 1.15 bits per heavy atom. The van der Waals surface area contributed by atoms with Crippen LogP contribution in [0.3, 0.4) is 0 Å². The molecule has 0 fully saturated rings. The Hall–Kier alpha value is -7.04. The number of para-hydroxylation sites is 3. The summed E-state index contributed by atoms with van der Waals surface area (Å²) in [7, 11) is 0. The van der Waals surface area contributed by atoms with E-state index in [0.29, 0.717) is 5.82 Å². The first-order valence-corrected chi connectivity index (χ1v) is 17.6. The third kappa shape index (κ3) is 4.28. The lowest BCUT2D eigenvalue weighted by Gasteiger charge is -2.10. The summed E-state index contributed by atoms with van der Waals surface area (Å²) in [6.45, 7) is 0. The second-order valence-electron chi connectivity index (χ2n) is 13.3. The molecule has 8 aromatic carbocycles. The second-order valence-corrected chi connectivity index (χ2v) is 13.3. The Labute approximate surface area is 298 Å². The topological polar surface area (TPSA) is 43.9 Å². The van der Waals surface area contributed by atoms with Crippen molar-refractivity contribution in [1.82, 2.24) is 14.5 Å². The van der Waals surface area contributed by atoms with Crippen molar-refractivity contribution in [3.63, 3.8) is 0 Å². The van der Waals surface area contributed by atoms with Crippen molar-refractivity contribution in [3.8, 4) is 39.5 Å². The Balaban J connectivity index is 1.15. The van der Waals surface area contributed by atoms with Gasteiger partial charge in [0.15, 0.2) is 5.82 Å². The number of fused-ring (bicyclic) bond motifs is 9. The average Bonchev–Trinajstić information content (AvgIpc) is 3.77. The molecule has 4 nitrogen and oxygen atoms in total. The number of furan rings is 1. The van der Waals surface area contributed by atoms with Crippen molar-refractivity contribution in [2.45, 2.75) is 0 Å². The van der Waals surface area contributed by atoms with Gasteiger partial charge in [-0.3, -0.25) is 0 Å². The molecule has 0 spiro atoms. The van der Waals surface area contributed by atoms with E-state index in [1.165, 1.54) is 32.6 Å². The number of benzene rings is 8. The number of hydrogen-bond acceptors (Lipinski definition) is 3. The molecular weight excluding hydrogens is 635 g/mol. The van der Waals surface area contributed by atoms with Crippen molar-refractivity contribution in [2.75, 3.05) is 0 Å². The van der Waals surface area contributed by atoms with Crippen LogP contribution in [-0.2, 0) is 0 Å². The molecule has 0 atom stereocenters. The fourth-order valence-corrected chi connectivity index (χ4v) is 8.09.